The second-order valence-electron chi connectivity index (χ2n) is 10.9. The van der Waals surface area contributed by atoms with E-state index in [2.05, 4.69) is 43.8 Å². The highest BCUT2D eigenvalue weighted by Crippen LogP contribution is 2.37. The van der Waals surface area contributed by atoms with Crippen LogP contribution in [0.5, 0.6) is 0 Å². The molecule has 2 aromatic rings. The van der Waals surface area contributed by atoms with Crippen LogP contribution in [0.1, 0.15) is 57.6 Å². The normalized spacial score (nSPS) is 17.3. The maximum absolute atomic E-state index is 13.5. The monoisotopic (exact) mass is 457 g/mol. The van der Waals surface area contributed by atoms with E-state index in [4.69, 9.17) is 9.16 Å². The molecule has 0 spiro atoms. The third-order valence-electron chi connectivity index (χ3n) is 6.18. The van der Waals surface area contributed by atoms with E-state index in [0.717, 1.165) is 17.0 Å². The fraction of sp³-hybridized carbons (Fsp3) is 0.542. The zero-order valence-corrected chi connectivity index (χ0v) is 21.4. The lowest BCUT2D eigenvalue weighted by Gasteiger charge is -2.40. The van der Waals surface area contributed by atoms with Crippen molar-refractivity contribution in [3.8, 4) is 11.3 Å². The molecule has 174 valence electrons. The van der Waals surface area contributed by atoms with E-state index in [-0.39, 0.29) is 17.6 Å². The van der Waals surface area contributed by atoms with Gasteiger partial charge in [0.2, 0.25) is 0 Å². The molecule has 0 bridgehead atoms. The summed E-state index contributed by atoms with van der Waals surface area (Å²) in [6.07, 6.45) is 3.27. The van der Waals surface area contributed by atoms with Crippen molar-refractivity contribution < 1.29 is 18.8 Å². The summed E-state index contributed by atoms with van der Waals surface area (Å²) < 4.78 is 12.0. The molecule has 0 saturated heterocycles. The Hall–Kier alpha value is -2.45. The smallest absolute Gasteiger partial charge is 0.417 e. The Morgan fingerprint density at radius 1 is 1.19 bits per heavy atom. The molecule has 1 aliphatic heterocycles. The maximum atomic E-state index is 13.5. The van der Waals surface area contributed by atoms with Crippen LogP contribution >= 0.6 is 0 Å². The maximum Gasteiger partial charge on any atom is 0.417 e. The van der Waals surface area contributed by atoms with Crippen LogP contribution in [0.15, 0.2) is 30.6 Å². The minimum Gasteiger partial charge on any atom is -0.443 e. The summed E-state index contributed by atoms with van der Waals surface area (Å²) in [7, 11) is -2.07. The number of hydrogen-bond donors (Lipinski definition) is 1. The molecule has 7 nitrogen and oxygen atoms in total. The van der Waals surface area contributed by atoms with Crippen molar-refractivity contribution in [3.63, 3.8) is 0 Å². The number of carbonyl (C=O) groups is 2. The van der Waals surface area contributed by atoms with E-state index < -0.39 is 26.1 Å². The molecule has 32 heavy (non-hydrogen) atoms. The van der Waals surface area contributed by atoms with Gasteiger partial charge in [0.1, 0.15) is 5.60 Å². The van der Waals surface area contributed by atoms with Crippen LogP contribution in [0.25, 0.3) is 11.3 Å². The number of rotatable bonds is 4. The van der Waals surface area contributed by atoms with Gasteiger partial charge in [-0.05, 0) is 57.1 Å². The van der Waals surface area contributed by atoms with Crippen LogP contribution in [0.4, 0.5) is 4.79 Å². The minimum absolute atomic E-state index is 0.0224. The summed E-state index contributed by atoms with van der Waals surface area (Å²) in [5.74, 6) is -0.360. The van der Waals surface area contributed by atoms with Crippen molar-refractivity contribution in [1.29, 1.82) is 0 Å². The molecule has 2 amide bonds. The topological polar surface area (TPSA) is 84.5 Å². The Labute approximate surface area is 191 Å². The summed E-state index contributed by atoms with van der Waals surface area (Å²) in [6.45, 7) is 16.5. The van der Waals surface area contributed by atoms with Crippen molar-refractivity contribution in [1.82, 2.24) is 14.9 Å². The number of carbonyl (C=O) groups excluding carboxylic acids is 2. The molecule has 1 N–H and O–H groups in total. The number of aromatic nitrogens is 2. The molecule has 8 heteroatoms. The van der Waals surface area contributed by atoms with E-state index in [1.807, 2.05) is 12.1 Å². The van der Waals surface area contributed by atoms with Gasteiger partial charge < -0.3 is 14.1 Å². The summed E-state index contributed by atoms with van der Waals surface area (Å²) in [5, 5.41) is 0.0224. The van der Waals surface area contributed by atoms with Crippen LogP contribution < -0.4 is 0 Å². The average molecular weight is 458 g/mol. The third kappa shape index (κ3) is 5.12. The van der Waals surface area contributed by atoms with E-state index in [0.29, 0.717) is 12.0 Å². The van der Waals surface area contributed by atoms with Crippen molar-refractivity contribution in [2.75, 3.05) is 6.61 Å². The highest BCUT2D eigenvalue weighted by atomic mass is 28.4. The summed E-state index contributed by atoms with van der Waals surface area (Å²) in [5.41, 5.74) is 2.35. The molecule has 2 aromatic heterocycles. The summed E-state index contributed by atoms with van der Waals surface area (Å²) in [6, 6.07) is 5.12. The SMILES string of the molecule is CC(C)(C)OC(=O)N1C(=O)c2cc(-c3ccncc3)[nH]c2CC1CO[Si](C)(C)C(C)(C)C. The first-order valence-electron chi connectivity index (χ1n) is 11.0. The number of H-pyrrole nitrogens is 1. The number of amides is 2. The average Bonchev–Trinajstić information content (AvgIpc) is 3.09. The molecule has 1 aliphatic rings. The molecule has 0 radical (unpaired) electrons. The van der Waals surface area contributed by atoms with Crippen molar-refractivity contribution in [2.24, 2.45) is 0 Å². The zero-order valence-electron chi connectivity index (χ0n) is 20.4. The largest absolute Gasteiger partial charge is 0.443 e. The highest BCUT2D eigenvalue weighted by Gasteiger charge is 2.43. The van der Waals surface area contributed by atoms with Crippen LogP contribution in [0.2, 0.25) is 18.1 Å². The van der Waals surface area contributed by atoms with Crippen molar-refractivity contribution >= 4 is 20.3 Å². The zero-order chi connectivity index (χ0) is 23.9. The number of hydrogen-bond acceptors (Lipinski definition) is 5. The lowest BCUT2D eigenvalue weighted by molar-refractivity contribution is 0.00973. The quantitative estimate of drug-likeness (QED) is 0.621. The molecule has 1 atom stereocenters. The van der Waals surface area contributed by atoms with Crippen LogP contribution in [-0.4, -0.2) is 53.4 Å². The predicted molar refractivity (Wildman–Crippen MR) is 127 cm³/mol. The molecular formula is C24H35N3O4Si. The Morgan fingerprint density at radius 2 is 1.81 bits per heavy atom. The second-order valence-corrected chi connectivity index (χ2v) is 15.7. The molecule has 1 unspecified atom stereocenters. The van der Waals surface area contributed by atoms with Gasteiger partial charge in [-0.25, -0.2) is 9.69 Å². The number of nitrogens with one attached hydrogen (secondary N) is 1. The first kappa shape index (κ1) is 24.2. The predicted octanol–water partition coefficient (Wildman–Crippen LogP) is 5.40. The fourth-order valence-electron chi connectivity index (χ4n) is 3.36. The summed E-state index contributed by atoms with van der Waals surface area (Å²) >= 11 is 0. The van der Waals surface area contributed by atoms with Crippen LogP contribution in [0, 0.1) is 0 Å². The van der Waals surface area contributed by atoms with Gasteiger partial charge >= 0.3 is 6.09 Å². The Kier molecular flexibility index (Phi) is 6.41. The van der Waals surface area contributed by atoms with Gasteiger partial charge in [0.25, 0.3) is 5.91 Å². The van der Waals surface area contributed by atoms with Crippen LogP contribution in [0.3, 0.4) is 0 Å². The van der Waals surface area contributed by atoms with Gasteiger partial charge in [-0.1, -0.05) is 20.8 Å². The standard InChI is InChI=1S/C24H35N3O4Si/c1-23(2,3)31-22(29)27-17(15-30-32(7,8)24(4,5)6)13-20-18(21(27)28)14-19(26-20)16-9-11-25-12-10-16/h9-12,14,17,26H,13,15H2,1-8H3. The van der Waals surface area contributed by atoms with E-state index >= 15 is 0 Å². The number of imide groups is 1. The molecule has 0 aromatic carbocycles. The van der Waals surface area contributed by atoms with Crippen molar-refractivity contribution in [2.45, 2.75) is 77.7 Å². The van der Waals surface area contributed by atoms with Gasteiger partial charge in [0, 0.05) is 35.8 Å². The third-order valence-corrected chi connectivity index (χ3v) is 10.7. The van der Waals surface area contributed by atoms with E-state index in [1.165, 1.54) is 4.90 Å². The number of fused-ring (bicyclic) bond motifs is 1. The van der Waals surface area contributed by atoms with Gasteiger partial charge in [0.15, 0.2) is 8.32 Å². The van der Waals surface area contributed by atoms with Gasteiger partial charge in [-0.15, -0.1) is 0 Å². The Balaban J connectivity index is 1.94. The lowest BCUT2D eigenvalue weighted by atomic mass is 10.0. The molecule has 0 saturated carbocycles. The second kappa shape index (κ2) is 8.48. The minimum atomic E-state index is -2.07. The Morgan fingerprint density at radius 3 is 2.38 bits per heavy atom. The van der Waals surface area contributed by atoms with Crippen LogP contribution in [-0.2, 0) is 15.6 Å². The first-order chi connectivity index (χ1) is 14.7. The highest BCUT2D eigenvalue weighted by molar-refractivity contribution is 6.74. The molecular weight excluding hydrogens is 422 g/mol. The number of aromatic amines is 1. The van der Waals surface area contributed by atoms with Gasteiger partial charge in [0.05, 0.1) is 18.2 Å². The molecule has 3 rings (SSSR count). The molecule has 0 fully saturated rings. The summed E-state index contributed by atoms with van der Waals surface area (Å²) in [4.78, 5) is 35.2. The van der Waals surface area contributed by atoms with E-state index in [1.54, 1.807) is 39.2 Å². The van der Waals surface area contributed by atoms with Crippen molar-refractivity contribution in [3.05, 3.63) is 41.9 Å². The Bertz CT molecular complexity index is 987. The number of ether oxygens (including phenoxy) is 1. The number of nitrogens with zero attached hydrogens (tertiary/aromatic N) is 2. The first-order valence-corrected chi connectivity index (χ1v) is 13.9. The molecule has 0 aliphatic carbocycles. The molecule has 3 heterocycles. The van der Waals surface area contributed by atoms with Gasteiger partial charge in [-0.2, -0.15) is 0 Å². The number of pyridine rings is 1. The fourth-order valence-corrected chi connectivity index (χ4v) is 4.40. The van der Waals surface area contributed by atoms with Gasteiger partial charge in [-0.3, -0.25) is 9.78 Å². The lowest BCUT2D eigenvalue weighted by Crippen LogP contribution is -2.54. The van der Waals surface area contributed by atoms with E-state index in [9.17, 15) is 9.59 Å².